The van der Waals surface area contributed by atoms with Crippen LogP contribution < -0.4 is 0 Å². The van der Waals surface area contributed by atoms with Crippen molar-refractivity contribution in [3.8, 4) is 0 Å². The van der Waals surface area contributed by atoms with Crippen LogP contribution in [-0.4, -0.2) is 65.8 Å². The van der Waals surface area contributed by atoms with Crippen molar-refractivity contribution in [3.05, 3.63) is 29.8 Å². The van der Waals surface area contributed by atoms with E-state index in [1.807, 2.05) is 21.9 Å². The number of carbonyl (C=O) groups is 2. The van der Waals surface area contributed by atoms with Crippen molar-refractivity contribution < 1.29 is 14.3 Å². The van der Waals surface area contributed by atoms with Crippen LogP contribution in [0.15, 0.2) is 29.2 Å². The molecule has 0 unspecified atom stereocenters. The number of amides is 2. The normalized spacial score (nSPS) is 26.5. The van der Waals surface area contributed by atoms with Crippen molar-refractivity contribution in [1.29, 1.82) is 0 Å². The molecular weight excluding hydrogens is 324 g/mol. The zero-order chi connectivity index (χ0) is 16.5. The van der Waals surface area contributed by atoms with Gasteiger partial charge in [0.1, 0.15) is 6.10 Å². The van der Waals surface area contributed by atoms with Gasteiger partial charge in [0, 0.05) is 37.7 Å². The Hall–Kier alpha value is -1.53. The Morgan fingerprint density at radius 2 is 1.75 bits per heavy atom. The molecule has 0 aliphatic carbocycles. The zero-order valence-electron chi connectivity index (χ0n) is 13.6. The molecule has 0 spiro atoms. The van der Waals surface area contributed by atoms with Gasteiger partial charge in [-0.05, 0) is 30.9 Å². The molecule has 1 aromatic carbocycles. The molecule has 6 heteroatoms. The molecule has 2 fully saturated rings. The quantitative estimate of drug-likeness (QED) is 0.815. The first kappa shape index (κ1) is 16.0. The first-order chi connectivity index (χ1) is 11.7. The molecule has 3 aliphatic heterocycles. The van der Waals surface area contributed by atoms with Gasteiger partial charge in [0.25, 0.3) is 5.91 Å². The summed E-state index contributed by atoms with van der Waals surface area (Å²) >= 11 is 1.67. The topological polar surface area (TPSA) is 49.9 Å². The molecule has 1 aromatic rings. The van der Waals surface area contributed by atoms with Gasteiger partial charge >= 0.3 is 0 Å². The van der Waals surface area contributed by atoms with Crippen molar-refractivity contribution in [2.45, 2.75) is 35.5 Å². The van der Waals surface area contributed by atoms with E-state index in [1.165, 1.54) is 10.5 Å². The molecule has 2 saturated heterocycles. The third kappa shape index (κ3) is 3.05. The number of benzene rings is 1. The lowest BCUT2D eigenvalue weighted by molar-refractivity contribution is -0.145. The number of nitrogens with zero attached hydrogens (tertiary/aromatic N) is 2. The second kappa shape index (κ2) is 6.76. The van der Waals surface area contributed by atoms with E-state index in [-0.39, 0.29) is 23.2 Å². The van der Waals surface area contributed by atoms with Crippen molar-refractivity contribution >= 4 is 23.6 Å². The fourth-order valence-corrected chi connectivity index (χ4v) is 4.93. The van der Waals surface area contributed by atoms with Crippen LogP contribution >= 0.6 is 11.8 Å². The van der Waals surface area contributed by atoms with Crippen LogP contribution in [0.5, 0.6) is 0 Å². The van der Waals surface area contributed by atoms with Gasteiger partial charge < -0.3 is 14.5 Å². The molecule has 128 valence electrons. The van der Waals surface area contributed by atoms with E-state index >= 15 is 0 Å². The Balaban J connectivity index is 1.31. The van der Waals surface area contributed by atoms with Gasteiger partial charge in [-0.1, -0.05) is 18.2 Å². The summed E-state index contributed by atoms with van der Waals surface area (Å²) in [5, 5.41) is -0.0113. The van der Waals surface area contributed by atoms with Gasteiger partial charge in [0.15, 0.2) is 0 Å². The first-order valence-electron chi connectivity index (χ1n) is 8.66. The second-order valence-electron chi connectivity index (χ2n) is 6.57. The minimum atomic E-state index is -0.257. The maximum absolute atomic E-state index is 12.8. The molecule has 5 nitrogen and oxygen atoms in total. The average molecular weight is 346 g/mol. The number of thioether (sulfide) groups is 1. The highest BCUT2D eigenvalue weighted by Gasteiger charge is 2.35. The lowest BCUT2D eigenvalue weighted by Gasteiger charge is -2.36. The van der Waals surface area contributed by atoms with Crippen LogP contribution in [-0.2, 0) is 20.7 Å². The average Bonchev–Trinajstić information content (AvgIpc) is 3.30. The van der Waals surface area contributed by atoms with Crippen LogP contribution in [0.1, 0.15) is 18.4 Å². The predicted octanol–water partition coefficient (Wildman–Crippen LogP) is 1.55. The van der Waals surface area contributed by atoms with Gasteiger partial charge in [0.2, 0.25) is 5.91 Å². The third-order valence-corrected chi connectivity index (χ3v) is 6.34. The maximum atomic E-state index is 12.8. The van der Waals surface area contributed by atoms with Crippen LogP contribution in [0.4, 0.5) is 0 Å². The minimum absolute atomic E-state index is 0.0113. The molecule has 24 heavy (non-hydrogen) atoms. The minimum Gasteiger partial charge on any atom is -0.368 e. The van der Waals surface area contributed by atoms with Crippen molar-refractivity contribution in [2.24, 2.45) is 0 Å². The Kier molecular flexibility index (Phi) is 4.50. The van der Waals surface area contributed by atoms with E-state index < -0.39 is 0 Å². The Labute approximate surface area is 146 Å². The monoisotopic (exact) mass is 346 g/mol. The molecular formula is C18H22N2O3S. The fraction of sp³-hybridized carbons (Fsp3) is 0.556. The highest BCUT2D eigenvalue weighted by Crippen LogP contribution is 2.37. The fourth-order valence-electron chi connectivity index (χ4n) is 3.65. The van der Waals surface area contributed by atoms with E-state index in [0.717, 1.165) is 19.3 Å². The largest absolute Gasteiger partial charge is 0.368 e. The van der Waals surface area contributed by atoms with E-state index in [4.69, 9.17) is 4.74 Å². The van der Waals surface area contributed by atoms with Crippen LogP contribution in [0.25, 0.3) is 0 Å². The lowest BCUT2D eigenvalue weighted by atomic mass is 10.1. The van der Waals surface area contributed by atoms with Crippen molar-refractivity contribution in [1.82, 2.24) is 9.80 Å². The number of rotatable bonds is 2. The molecule has 3 aliphatic rings. The lowest BCUT2D eigenvalue weighted by Crippen LogP contribution is -2.54. The summed E-state index contributed by atoms with van der Waals surface area (Å²) in [5.74, 6) is 0.308. The standard InChI is InChI=1S/C18H22N2O3S/c21-17(14-5-3-11-23-14)19-7-9-20(10-8-19)18(22)16-12-13-4-1-2-6-15(13)24-16/h1-2,4,6,14,16H,3,5,7-12H2/t14-,16+/m1/s1. The Bertz CT molecular complexity index is 612. The summed E-state index contributed by atoms with van der Waals surface area (Å²) in [7, 11) is 0. The molecule has 4 rings (SSSR count). The smallest absolute Gasteiger partial charge is 0.251 e. The third-order valence-electron chi connectivity index (χ3n) is 5.03. The van der Waals surface area contributed by atoms with Crippen LogP contribution in [0.3, 0.4) is 0 Å². The van der Waals surface area contributed by atoms with E-state index in [0.29, 0.717) is 32.8 Å². The number of fused-ring (bicyclic) bond motifs is 1. The van der Waals surface area contributed by atoms with Gasteiger partial charge in [-0.15, -0.1) is 11.8 Å². The first-order valence-corrected chi connectivity index (χ1v) is 9.54. The second-order valence-corrected chi connectivity index (χ2v) is 7.82. The number of carbonyl (C=O) groups excluding carboxylic acids is 2. The number of hydrogen-bond donors (Lipinski definition) is 0. The van der Waals surface area contributed by atoms with E-state index in [1.54, 1.807) is 11.8 Å². The number of piperazine rings is 1. The number of ether oxygens (including phenoxy) is 1. The summed E-state index contributed by atoms with van der Waals surface area (Å²) in [6.07, 6.45) is 2.35. The zero-order valence-corrected chi connectivity index (χ0v) is 14.5. The van der Waals surface area contributed by atoms with Crippen molar-refractivity contribution in [3.63, 3.8) is 0 Å². The van der Waals surface area contributed by atoms with E-state index in [2.05, 4.69) is 12.1 Å². The van der Waals surface area contributed by atoms with Gasteiger partial charge in [-0.2, -0.15) is 0 Å². The van der Waals surface area contributed by atoms with Gasteiger partial charge in [0.05, 0.1) is 5.25 Å². The summed E-state index contributed by atoms with van der Waals surface area (Å²) < 4.78 is 5.48. The molecule has 0 bridgehead atoms. The molecule has 3 heterocycles. The highest BCUT2D eigenvalue weighted by atomic mass is 32.2. The van der Waals surface area contributed by atoms with Gasteiger partial charge in [-0.3, -0.25) is 9.59 Å². The Morgan fingerprint density at radius 3 is 2.42 bits per heavy atom. The summed E-state index contributed by atoms with van der Waals surface area (Å²) in [4.78, 5) is 30.2. The summed E-state index contributed by atoms with van der Waals surface area (Å²) in [5.41, 5.74) is 1.27. The molecule has 2 amide bonds. The maximum Gasteiger partial charge on any atom is 0.251 e. The SMILES string of the molecule is O=C([C@@H]1Cc2ccccc2S1)N1CCN(C(=O)[C@H]2CCCO2)CC1. The molecule has 0 N–H and O–H groups in total. The van der Waals surface area contributed by atoms with Gasteiger partial charge in [-0.25, -0.2) is 0 Å². The molecule has 0 aromatic heterocycles. The number of hydrogen-bond acceptors (Lipinski definition) is 4. The van der Waals surface area contributed by atoms with Crippen LogP contribution in [0, 0.1) is 0 Å². The summed E-state index contributed by atoms with van der Waals surface area (Å²) in [6, 6.07) is 8.25. The van der Waals surface area contributed by atoms with Crippen molar-refractivity contribution in [2.75, 3.05) is 32.8 Å². The highest BCUT2D eigenvalue weighted by molar-refractivity contribution is 8.01. The molecule has 0 radical (unpaired) electrons. The molecule has 2 atom stereocenters. The Morgan fingerprint density at radius 1 is 1.04 bits per heavy atom. The molecule has 0 saturated carbocycles. The van der Waals surface area contributed by atoms with Crippen LogP contribution in [0.2, 0.25) is 0 Å². The summed E-state index contributed by atoms with van der Waals surface area (Å²) in [6.45, 7) is 3.19. The van der Waals surface area contributed by atoms with E-state index in [9.17, 15) is 9.59 Å². The predicted molar refractivity (Wildman–Crippen MR) is 91.9 cm³/mol.